The third kappa shape index (κ3) is 2.51. The summed E-state index contributed by atoms with van der Waals surface area (Å²) in [6, 6.07) is 12.5. The molecule has 4 heteroatoms. The molecule has 1 heterocycles. The fourth-order valence-corrected chi connectivity index (χ4v) is 3.17. The molecule has 3 aromatic rings. The molecule has 0 saturated heterocycles. The number of aromatic nitrogens is 1. The highest BCUT2D eigenvalue weighted by molar-refractivity contribution is 9.10. The van der Waals surface area contributed by atoms with Gasteiger partial charge in [-0.25, -0.2) is 4.98 Å². The second kappa shape index (κ2) is 4.94. The Morgan fingerprint density at radius 2 is 2.00 bits per heavy atom. The van der Waals surface area contributed by atoms with Gasteiger partial charge in [0.15, 0.2) is 5.13 Å². The first-order chi connectivity index (χ1) is 9.13. The minimum Gasteiger partial charge on any atom is -0.331 e. The minimum atomic E-state index is 0.932. The summed E-state index contributed by atoms with van der Waals surface area (Å²) in [7, 11) is 0. The third-order valence-corrected chi connectivity index (χ3v) is 4.86. The van der Waals surface area contributed by atoms with E-state index in [1.807, 2.05) is 12.1 Å². The van der Waals surface area contributed by atoms with E-state index >= 15 is 0 Å². The normalized spacial score (nSPS) is 10.9. The molecule has 0 radical (unpaired) electrons. The van der Waals surface area contributed by atoms with Gasteiger partial charge < -0.3 is 5.32 Å². The fourth-order valence-electron chi connectivity index (χ4n) is 1.95. The predicted octanol–water partition coefficient (Wildman–Crippen LogP) is 5.42. The monoisotopic (exact) mass is 332 g/mol. The number of nitrogens with zero attached hydrogens (tertiary/aromatic N) is 1. The Balaban J connectivity index is 1.99. The van der Waals surface area contributed by atoms with Crippen molar-refractivity contribution in [1.82, 2.24) is 4.98 Å². The molecule has 2 aromatic carbocycles. The van der Waals surface area contributed by atoms with Gasteiger partial charge in [-0.2, -0.15) is 0 Å². The van der Waals surface area contributed by atoms with E-state index in [4.69, 9.17) is 0 Å². The predicted molar refractivity (Wildman–Crippen MR) is 86.5 cm³/mol. The van der Waals surface area contributed by atoms with Crippen LogP contribution in [0.25, 0.3) is 10.2 Å². The summed E-state index contributed by atoms with van der Waals surface area (Å²) in [6.07, 6.45) is 0. The van der Waals surface area contributed by atoms with E-state index in [1.165, 1.54) is 15.8 Å². The van der Waals surface area contributed by atoms with Gasteiger partial charge in [-0.15, -0.1) is 0 Å². The summed E-state index contributed by atoms with van der Waals surface area (Å²) in [5.74, 6) is 0. The second-order valence-electron chi connectivity index (χ2n) is 4.53. The van der Waals surface area contributed by atoms with E-state index in [0.717, 1.165) is 20.8 Å². The molecule has 2 nitrogen and oxygen atoms in total. The average molecular weight is 333 g/mol. The van der Waals surface area contributed by atoms with Crippen LogP contribution in [0.4, 0.5) is 10.8 Å². The summed E-state index contributed by atoms with van der Waals surface area (Å²) in [4.78, 5) is 4.63. The molecule has 0 bridgehead atoms. The largest absolute Gasteiger partial charge is 0.331 e. The number of fused-ring (bicyclic) bond motifs is 1. The Bertz CT molecular complexity index is 749. The van der Waals surface area contributed by atoms with Gasteiger partial charge in [0.25, 0.3) is 0 Å². The molecule has 1 N–H and O–H groups in total. The van der Waals surface area contributed by atoms with Crippen molar-refractivity contribution in [3.63, 3.8) is 0 Å². The van der Waals surface area contributed by atoms with Crippen molar-refractivity contribution >= 4 is 48.3 Å². The van der Waals surface area contributed by atoms with E-state index in [-0.39, 0.29) is 0 Å². The van der Waals surface area contributed by atoms with Crippen molar-refractivity contribution in [2.45, 2.75) is 13.8 Å². The molecule has 0 spiro atoms. The highest BCUT2D eigenvalue weighted by atomic mass is 79.9. The van der Waals surface area contributed by atoms with Crippen LogP contribution in [0.3, 0.4) is 0 Å². The van der Waals surface area contributed by atoms with E-state index < -0.39 is 0 Å². The summed E-state index contributed by atoms with van der Waals surface area (Å²) >= 11 is 5.22. The molecule has 0 aliphatic heterocycles. The van der Waals surface area contributed by atoms with Crippen LogP contribution in [0.15, 0.2) is 40.9 Å². The molecule has 0 aliphatic rings. The molecule has 0 fully saturated rings. The maximum atomic E-state index is 4.63. The van der Waals surface area contributed by atoms with Gasteiger partial charge >= 0.3 is 0 Å². The van der Waals surface area contributed by atoms with Gasteiger partial charge in [-0.3, -0.25) is 0 Å². The first-order valence-electron chi connectivity index (χ1n) is 6.03. The van der Waals surface area contributed by atoms with Crippen LogP contribution in [0.5, 0.6) is 0 Å². The van der Waals surface area contributed by atoms with Crippen LogP contribution in [0.2, 0.25) is 0 Å². The standard InChI is InChI=1S/C15H13BrN2S/c1-9-6-7-14-13(8-9)18-15(19-14)17-12-5-3-4-11(16)10(12)2/h3-8H,1-2H3,(H,17,18). The zero-order valence-corrected chi connectivity index (χ0v) is 13.1. The lowest BCUT2D eigenvalue weighted by molar-refractivity contribution is 1.37. The minimum absolute atomic E-state index is 0.932. The van der Waals surface area contributed by atoms with E-state index in [1.54, 1.807) is 11.3 Å². The summed E-state index contributed by atoms with van der Waals surface area (Å²) in [5, 5.41) is 4.33. The van der Waals surface area contributed by atoms with Crippen LogP contribution in [0, 0.1) is 13.8 Å². The summed E-state index contributed by atoms with van der Waals surface area (Å²) < 4.78 is 2.32. The van der Waals surface area contributed by atoms with Crippen molar-refractivity contribution in [3.05, 3.63) is 52.0 Å². The van der Waals surface area contributed by atoms with Gasteiger partial charge in [-0.1, -0.05) is 39.4 Å². The third-order valence-electron chi connectivity index (χ3n) is 3.05. The van der Waals surface area contributed by atoms with Gasteiger partial charge in [-0.05, 0) is 49.2 Å². The smallest absolute Gasteiger partial charge is 0.188 e. The maximum absolute atomic E-state index is 4.63. The molecule has 0 atom stereocenters. The lowest BCUT2D eigenvalue weighted by Gasteiger charge is -2.07. The molecule has 0 unspecified atom stereocenters. The number of hydrogen-bond donors (Lipinski definition) is 1. The number of aryl methyl sites for hydroxylation is 1. The van der Waals surface area contributed by atoms with Crippen LogP contribution in [0.1, 0.15) is 11.1 Å². The van der Waals surface area contributed by atoms with Crippen molar-refractivity contribution < 1.29 is 0 Å². The maximum Gasteiger partial charge on any atom is 0.188 e. The van der Waals surface area contributed by atoms with Gasteiger partial charge in [0, 0.05) is 10.2 Å². The zero-order valence-electron chi connectivity index (χ0n) is 10.7. The Kier molecular flexibility index (Phi) is 3.29. The number of hydrogen-bond acceptors (Lipinski definition) is 3. The van der Waals surface area contributed by atoms with Gasteiger partial charge in [0.05, 0.1) is 10.2 Å². The number of benzene rings is 2. The van der Waals surface area contributed by atoms with E-state index in [0.29, 0.717) is 0 Å². The Labute approximate surface area is 124 Å². The molecule has 3 rings (SSSR count). The topological polar surface area (TPSA) is 24.9 Å². The van der Waals surface area contributed by atoms with E-state index in [9.17, 15) is 0 Å². The lowest BCUT2D eigenvalue weighted by atomic mass is 10.2. The van der Waals surface area contributed by atoms with Crippen LogP contribution in [-0.2, 0) is 0 Å². The van der Waals surface area contributed by atoms with Crippen LogP contribution < -0.4 is 5.32 Å². The first-order valence-corrected chi connectivity index (χ1v) is 7.64. The fraction of sp³-hybridized carbons (Fsp3) is 0.133. The van der Waals surface area contributed by atoms with Gasteiger partial charge in [0.1, 0.15) is 0 Å². The number of thiazole rings is 1. The number of rotatable bonds is 2. The summed E-state index contributed by atoms with van der Waals surface area (Å²) in [5.41, 5.74) is 4.58. The molecule has 0 saturated carbocycles. The van der Waals surface area contributed by atoms with Crippen molar-refractivity contribution in [2.24, 2.45) is 0 Å². The van der Waals surface area contributed by atoms with Crippen LogP contribution >= 0.6 is 27.3 Å². The molecule has 96 valence electrons. The molecule has 0 aliphatic carbocycles. The van der Waals surface area contributed by atoms with Crippen LogP contribution in [-0.4, -0.2) is 4.98 Å². The van der Waals surface area contributed by atoms with E-state index in [2.05, 4.69) is 64.3 Å². The first kappa shape index (κ1) is 12.6. The summed E-state index contributed by atoms with van der Waals surface area (Å²) in [6.45, 7) is 4.17. The number of nitrogens with one attached hydrogen (secondary N) is 1. The second-order valence-corrected chi connectivity index (χ2v) is 6.41. The Morgan fingerprint density at radius 1 is 1.16 bits per heavy atom. The number of anilines is 2. The Hall–Kier alpha value is -1.39. The molecule has 19 heavy (non-hydrogen) atoms. The van der Waals surface area contributed by atoms with Crippen molar-refractivity contribution in [2.75, 3.05) is 5.32 Å². The van der Waals surface area contributed by atoms with Crippen molar-refractivity contribution in [1.29, 1.82) is 0 Å². The van der Waals surface area contributed by atoms with Crippen molar-refractivity contribution in [3.8, 4) is 0 Å². The number of halogens is 1. The average Bonchev–Trinajstić information content (AvgIpc) is 2.76. The highest BCUT2D eigenvalue weighted by Gasteiger charge is 2.06. The SMILES string of the molecule is Cc1ccc2sc(Nc3cccc(Br)c3C)nc2c1. The lowest BCUT2D eigenvalue weighted by Crippen LogP contribution is -1.92. The quantitative estimate of drug-likeness (QED) is 0.677. The zero-order chi connectivity index (χ0) is 13.4. The molecule has 0 amide bonds. The molecule has 1 aromatic heterocycles. The Morgan fingerprint density at radius 3 is 2.84 bits per heavy atom. The molecular weight excluding hydrogens is 320 g/mol. The molecular formula is C15H13BrN2S. The highest BCUT2D eigenvalue weighted by Crippen LogP contribution is 2.31. The van der Waals surface area contributed by atoms with Gasteiger partial charge in [0.2, 0.25) is 0 Å².